The van der Waals surface area contributed by atoms with Crippen molar-refractivity contribution in [1.29, 1.82) is 0 Å². The van der Waals surface area contributed by atoms with Crippen molar-refractivity contribution in [2.45, 2.75) is 38.8 Å². The largest absolute Gasteiger partial charge is 0.312 e. The topological polar surface area (TPSA) is 23.5 Å². The highest BCUT2D eigenvalue weighted by Gasteiger charge is 2.48. The van der Waals surface area contributed by atoms with Crippen LogP contribution in [0.2, 0.25) is 0 Å². The molecule has 0 radical (unpaired) electrons. The molecule has 0 unspecified atom stereocenters. The van der Waals surface area contributed by atoms with Gasteiger partial charge in [-0.1, -0.05) is 12.0 Å². The highest BCUT2D eigenvalue weighted by atomic mass is 16.5. The SMILES string of the molecule is C#Cc1ccc2c(c1)C(C)(C)N(O)C2(C)C. The van der Waals surface area contributed by atoms with Crippen LogP contribution >= 0.6 is 0 Å². The fourth-order valence-electron chi connectivity index (χ4n) is 2.60. The molecule has 1 N–H and O–H groups in total. The van der Waals surface area contributed by atoms with Crippen LogP contribution < -0.4 is 0 Å². The molecule has 0 fully saturated rings. The molecular weight excluding hydrogens is 198 g/mol. The van der Waals surface area contributed by atoms with E-state index in [9.17, 15) is 5.21 Å². The summed E-state index contributed by atoms with van der Waals surface area (Å²) in [6.45, 7) is 8.02. The predicted molar refractivity (Wildman–Crippen MR) is 64.1 cm³/mol. The first kappa shape index (κ1) is 11.2. The molecule has 1 aliphatic rings. The molecule has 0 atom stereocenters. The molecule has 0 amide bonds. The highest BCUT2D eigenvalue weighted by molar-refractivity contribution is 5.48. The van der Waals surface area contributed by atoms with Gasteiger partial charge in [-0.15, -0.1) is 6.42 Å². The van der Waals surface area contributed by atoms with Crippen LogP contribution in [0.15, 0.2) is 18.2 Å². The molecule has 0 aliphatic carbocycles. The number of hydroxylamine groups is 2. The van der Waals surface area contributed by atoms with Gasteiger partial charge in [0.05, 0.1) is 11.1 Å². The summed E-state index contributed by atoms with van der Waals surface area (Å²) in [7, 11) is 0. The van der Waals surface area contributed by atoms with E-state index in [4.69, 9.17) is 6.42 Å². The summed E-state index contributed by atoms with van der Waals surface area (Å²) in [5.41, 5.74) is 2.34. The lowest BCUT2D eigenvalue weighted by Gasteiger charge is -2.34. The number of rotatable bonds is 0. The van der Waals surface area contributed by atoms with Crippen LogP contribution in [0.25, 0.3) is 0 Å². The predicted octanol–water partition coefficient (Wildman–Crippen LogP) is 2.84. The minimum absolute atomic E-state index is 0.369. The molecule has 0 bridgehead atoms. The third-order valence-corrected chi connectivity index (χ3v) is 3.56. The molecule has 84 valence electrons. The maximum Gasteiger partial charge on any atom is 0.0666 e. The summed E-state index contributed by atoms with van der Waals surface area (Å²) in [4.78, 5) is 0. The van der Waals surface area contributed by atoms with Crippen LogP contribution in [0.3, 0.4) is 0 Å². The maximum atomic E-state index is 10.3. The van der Waals surface area contributed by atoms with E-state index < -0.39 is 5.54 Å². The zero-order chi connectivity index (χ0) is 12.1. The van der Waals surface area contributed by atoms with Gasteiger partial charge in [0.1, 0.15) is 0 Å². The van der Waals surface area contributed by atoms with Crippen molar-refractivity contribution in [2.75, 3.05) is 0 Å². The highest BCUT2D eigenvalue weighted by Crippen LogP contribution is 2.47. The average molecular weight is 215 g/mol. The molecule has 2 heteroatoms. The Morgan fingerprint density at radius 2 is 1.69 bits per heavy atom. The van der Waals surface area contributed by atoms with Gasteiger partial charge in [-0.05, 0) is 51.0 Å². The molecule has 2 nitrogen and oxygen atoms in total. The second kappa shape index (κ2) is 3.10. The lowest BCUT2D eigenvalue weighted by Crippen LogP contribution is -2.42. The molecule has 0 spiro atoms. The summed E-state index contributed by atoms with van der Waals surface area (Å²) in [6.07, 6.45) is 5.41. The number of hydrogen-bond acceptors (Lipinski definition) is 2. The average Bonchev–Trinajstić information content (AvgIpc) is 2.38. The molecule has 2 rings (SSSR count). The number of terminal acetylenes is 1. The second-order valence-corrected chi connectivity index (χ2v) is 5.33. The molecule has 1 aromatic carbocycles. The van der Waals surface area contributed by atoms with Crippen LogP contribution in [0.5, 0.6) is 0 Å². The van der Waals surface area contributed by atoms with Gasteiger partial charge in [-0.25, -0.2) is 0 Å². The Hall–Kier alpha value is -1.30. The Balaban J connectivity index is 2.71. The van der Waals surface area contributed by atoms with Gasteiger partial charge in [-0.3, -0.25) is 0 Å². The van der Waals surface area contributed by atoms with Crippen molar-refractivity contribution in [2.24, 2.45) is 0 Å². The first-order valence-corrected chi connectivity index (χ1v) is 5.42. The molecule has 0 saturated carbocycles. The van der Waals surface area contributed by atoms with Crippen molar-refractivity contribution < 1.29 is 5.21 Å². The zero-order valence-electron chi connectivity index (χ0n) is 10.2. The minimum atomic E-state index is -0.397. The normalized spacial score (nSPS) is 21.5. The van der Waals surface area contributed by atoms with Crippen LogP contribution in [-0.4, -0.2) is 10.3 Å². The van der Waals surface area contributed by atoms with Crippen molar-refractivity contribution in [3.63, 3.8) is 0 Å². The van der Waals surface area contributed by atoms with Gasteiger partial charge in [0.25, 0.3) is 0 Å². The molecule has 16 heavy (non-hydrogen) atoms. The first-order chi connectivity index (χ1) is 7.31. The van der Waals surface area contributed by atoms with Crippen molar-refractivity contribution in [3.8, 4) is 12.3 Å². The molecule has 1 aliphatic heterocycles. The maximum absolute atomic E-state index is 10.3. The van der Waals surface area contributed by atoms with Crippen LogP contribution in [-0.2, 0) is 11.1 Å². The molecule has 1 aromatic rings. The van der Waals surface area contributed by atoms with Crippen LogP contribution in [0.1, 0.15) is 44.4 Å². The standard InChI is InChI=1S/C14H17NO/c1-6-10-7-8-11-12(9-10)14(4,5)15(16)13(11,2)3/h1,7-9,16H,2-5H3. The van der Waals surface area contributed by atoms with Gasteiger partial charge < -0.3 is 5.21 Å². The fraction of sp³-hybridized carbons (Fsp3) is 0.429. The van der Waals surface area contributed by atoms with Crippen LogP contribution in [0.4, 0.5) is 0 Å². The Morgan fingerprint density at radius 3 is 2.25 bits per heavy atom. The van der Waals surface area contributed by atoms with E-state index >= 15 is 0 Å². The summed E-state index contributed by atoms with van der Waals surface area (Å²) < 4.78 is 0. The Kier molecular flexibility index (Phi) is 2.17. The van der Waals surface area contributed by atoms with Gasteiger partial charge >= 0.3 is 0 Å². The van der Waals surface area contributed by atoms with E-state index in [1.54, 1.807) is 0 Å². The van der Waals surface area contributed by atoms with Gasteiger partial charge in [-0.2, -0.15) is 5.06 Å². The molecule has 0 saturated heterocycles. The van der Waals surface area contributed by atoms with Crippen LogP contribution in [0, 0.1) is 12.3 Å². The first-order valence-electron chi connectivity index (χ1n) is 5.42. The summed E-state index contributed by atoms with van der Waals surface area (Å²) in [5.74, 6) is 2.64. The van der Waals surface area contributed by atoms with E-state index in [1.807, 2.05) is 45.9 Å². The molecule has 0 aromatic heterocycles. The van der Waals surface area contributed by atoms with Gasteiger partial charge in [0.2, 0.25) is 0 Å². The quantitative estimate of drug-likeness (QED) is 0.673. The van der Waals surface area contributed by atoms with E-state index in [1.165, 1.54) is 5.06 Å². The molecular formula is C14H17NO. The summed E-state index contributed by atoms with van der Waals surface area (Å²) in [6, 6.07) is 5.94. The zero-order valence-corrected chi connectivity index (χ0v) is 10.2. The van der Waals surface area contributed by atoms with Crippen molar-refractivity contribution >= 4 is 0 Å². The Labute approximate surface area is 96.9 Å². The number of nitrogens with zero attached hydrogens (tertiary/aromatic N) is 1. The van der Waals surface area contributed by atoms with E-state index in [0.717, 1.165) is 16.7 Å². The smallest absolute Gasteiger partial charge is 0.0666 e. The van der Waals surface area contributed by atoms with Crippen molar-refractivity contribution in [1.82, 2.24) is 5.06 Å². The Morgan fingerprint density at radius 1 is 1.12 bits per heavy atom. The van der Waals surface area contributed by atoms with Gasteiger partial charge in [0.15, 0.2) is 0 Å². The summed E-state index contributed by atoms with van der Waals surface area (Å²) >= 11 is 0. The number of hydrogen-bond donors (Lipinski definition) is 1. The lowest BCUT2D eigenvalue weighted by atomic mass is 9.89. The minimum Gasteiger partial charge on any atom is -0.312 e. The third-order valence-electron chi connectivity index (χ3n) is 3.56. The number of benzene rings is 1. The third kappa shape index (κ3) is 1.22. The van der Waals surface area contributed by atoms with E-state index in [-0.39, 0.29) is 5.54 Å². The van der Waals surface area contributed by atoms with Gasteiger partial charge in [0, 0.05) is 5.56 Å². The van der Waals surface area contributed by atoms with E-state index in [2.05, 4.69) is 5.92 Å². The number of fused-ring (bicyclic) bond motifs is 1. The van der Waals surface area contributed by atoms with Crippen molar-refractivity contribution in [3.05, 3.63) is 34.9 Å². The molecule has 1 heterocycles. The monoisotopic (exact) mass is 215 g/mol. The fourth-order valence-corrected chi connectivity index (χ4v) is 2.60. The lowest BCUT2D eigenvalue weighted by molar-refractivity contribution is -0.216. The van der Waals surface area contributed by atoms with E-state index in [0.29, 0.717) is 0 Å². The second-order valence-electron chi connectivity index (χ2n) is 5.33. The Bertz CT molecular complexity index is 480. The summed E-state index contributed by atoms with van der Waals surface area (Å²) in [5, 5.41) is 11.7.